The fraction of sp³-hybridized carbons (Fsp3) is 0.273. The molecule has 2 amide bonds. The summed E-state index contributed by atoms with van der Waals surface area (Å²) in [6.07, 6.45) is -1.23. The number of amides is 2. The topological polar surface area (TPSA) is 118 Å². The molecule has 3 atom stereocenters. The number of alkyl carbamates (subject to hydrolysis) is 1. The van der Waals surface area contributed by atoms with Crippen LogP contribution in [0.2, 0.25) is 0 Å². The van der Waals surface area contributed by atoms with Crippen molar-refractivity contribution in [2.75, 3.05) is 6.54 Å². The van der Waals surface area contributed by atoms with Gasteiger partial charge in [-0.2, -0.15) is 0 Å². The lowest BCUT2D eigenvalue weighted by Gasteiger charge is -2.29. The largest absolute Gasteiger partial charge is 0.488 e. The molecule has 1 aromatic heterocycles. The van der Waals surface area contributed by atoms with Gasteiger partial charge in [0, 0.05) is 23.4 Å². The van der Waals surface area contributed by atoms with E-state index in [1.807, 2.05) is 91.0 Å². The molecule has 1 saturated heterocycles. The van der Waals surface area contributed by atoms with E-state index < -0.39 is 36.2 Å². The average molecular weight is 568 g/mol. The van der Waals surface area contributed by atoms with Crippen molar-refractivity contribution in [2.45, 2.75) is 45.1 Å². The highest BCUT2D eigenvalue weighted by atomic mass is 16.5. The number of ether oxygens (including phenoxy) is 2. The summed E-state index contributed by atoms with van der Waals surface area (Å²) in [5.74, 6) is -1.38. The summed E-state index contributed by atoms with van der Waals surface area (Å²) in [6.45, 7) is 3.67. The quantitative estimate of drug-likeness (QED) is 0.282. The normalized spacial score (nSPS) is 17.2. The molecule has 0 unspecified atom stereocenters. The van der Waals surface area contributed by atoms with Crippen molar-refractivity contribution >= 4 is 28.9 Å². The van der Waals surface area contributed by atoms with Crippen LogP contribution in [0.4, 0.5) is 4.79 Å². The number of fused-ring (bicyclic) bond motifs is 1. The van der Waals surface area contributed by atoms with Crippen LogP contribution < -0.4 is 10.1 Å². The molecule has 1 aliphatic rings. The molecule has 9 nitrogen and oxygen atoms in total. The lowest BCUT2D eigenvalue weighted by Crippen LogP contribution is -2.54. The highest BCUT2D eigenvalue weighted by molar-refractivity contribution is 5.90. The fourth-order valence-corrected chi connectivity index (χ4v) is 5.12. The number of nitrogens with one attached hydrogen (secondary N) is 1. The third-order valence-corrected chi connectivity index (χ3v) is 7.29. The highest BCUT2D eigenvalue weighted by Crippen LogP contribution is 2.33. The number of carbonyl (C=O) groups is 3. The van der Waals surface area contributed by atoms with E-state index >= 15 is 0 Å². The smallest absolute Gasteiger partial charge is 0.408 e. The van der Waals surface area contributed by atoms with E-state index in [9.17, 15) is 19.5 Å². The zero-order chi connectivity index (χ0) is 29.6. The number of aromatic nitrogens is 1. The van der Waals surface area contributed by atoms with Crippen LogP contribution >= 0.6 is 0 Å². The van der Waals surface area contributed by atoms with Gasteiger partial charge in [-0.3, -0.25) is 4.79 Å². The van der Waals surface area contributed by atoms with Gasteiger partial charge in [0.1, 0.15) is 30.5 Å². The molecule has 3 aromatic carbocycles. The van der Waals surface area contributed by atoms with Gasteiger partial charge in [0.05, 0.1) is 17.8 Å². The number of nitrogens with zero attached hydrogens (tertiary/aromatic N) is 2. The Kier molecular flexibility index (Phi) is 8.66. The molecule has 216 valence electrons. The average Bonchev–Trinajstić information content (AvgIpc) is 3.43. The zero-order valence-electron chi connectivity index (χ0n) is 23.5. The van der Waals surface area contributed by atoms with Crippen molar-refractivity contribution in [1.82, 2.24) is 15.2 Å². The van der Waals surface area contributed by atoms with E-state index in [-0.39, 0.29) is 25.5 Å². The van der Waals surface area contributed by atoms with Gasteiger partial charge in [-0.1, -0.05) is 86.6 Å². The SMILES string of the molecule is CC(C)[C@H](NC(=O)OCc1ccccc1)C(=O)N1C[C@H](Oc2cc(-c3ccccc3)nc3ccccc23)C[C@H]1C(=O)O. The molecule has 0 spiro atoms. The molecule has 0 saturated carbocycles. The number of likely N-dealkylation sites (tertiary alicyclic amines) is 1. The Balaban J connectivity index is 1.34. The monoisotopic (exact) mass is 567 g/mol. The van der Waals surface area contributed by atoms with Gasteiger partial charge in [0.15, 0.2) is 0 Å². The first-order valence-electron chi connectivity index (χ1n) is 13.9. The Morgan fingerprint density at radius 3 is 2.33 bits per heavy atom. The first kappa shape index (κ1) is 28.6. The molecule has 5 rings (SSSR count). The van der Waals surface area contributed by atoms with E-state index in [0.717, 1.165) is 27.7 Å². The molecule has 0 radical (unpaired) electrons. The third kappa shape index (κ3) is 6.52. The van der Waals surface area contributed by atoms with Gasteiger partial charge in [-0.15, -0.1) is 0 Å². The summed E-state index contributed by atoms with van der Waals surface area (Å²) in [5.41, 5.74) is 3.20. The van der Waals surface area contributed by atoms with Crippen LogP contribution in [0.3, 0.4) is 0 Å². The lowest BCUT2D eigenvalue weighted by molar-refractivity contribution is -0.149. The zero-order valence-corrected chi connectivity index (χ0v) is 23.5. The van der Waals surface area contributed by atoms with E-state index in [4.69, 9.17) is 14.5 Å². The van der Waals surface area contributed by atoms with Gasteiger partial charge < -0.3 is 24.8 Å². The van der Waals surface area contributed by atoms with E-state index in [1.165, 1.54) is 4.90 Å². The first-order chi connectivity index (χ1) is 20.3. The number of carbonyl (C=O) groups excluding carboxylic acids is 2. The minimum Gasteiger partial charge on any atom is -0.488 e. The van der Waals surface area contributed by atoms with Crippen LogP contribution in [0.5, 0.6) is 5.75 Å². The van der Waals surface area contributed by atoms with Crippen LogP contribution in [-0.4, -0.2) is 57.7 Å². The fourth-order valence-electron chi connectivity index (χ4n) is 5.12. The maximum absolute atomic E-state index is 13.7. The highest BCUT2D eigenvalue weighted by Gasteiger charge is 2.44. The van der Waals surface area contributed by atoms with Crippen molar-refractivity contribution in [3.63, 3.8) is 0 Å². The van der Waals surface area contributed by atoms with Crippen molar-refractivity contribution in [3.05, 3.63) is 96.6 Å². The molecular formula is C33H33N3O6. The third-order valence-electron chi connectivity index (χ3n) is 7.29. The molecule has 1 aliphatic heterocycles. The standard InChI is InChI=1S/C33H33N3O6/c1-21(2)30(35-33(40)41-20-22-11-5-3-6-12-22)31(37)36-19-24(17-28(36)32(38)39)42-29-18-27(23-13-7-4-8-14-23)34-26-16-10-9-15-25(26)29/h3-16,18,21,24,28,30H,17,19-20H2,1-2H3,(H,35,40)(H,38,39)/t24-,28+,30+/m1/s1. The Morgan fingerprint density at radius 2 is 1.64 bits per heavy atom. The number of hydrogen-bond acceptors (Lipinski definition) is 6. The number of carboxylic acid groups (broad SMARTS) is 1. The molecular weight excluding hydrogens is 534 g/mol. The summed E-state index contributed by atoms with van der Waals surface area (Å²) in [5, 5.41) is 13.5. The maximum atomic E-state index is 13.7. The van der Waals surface area contributed by atoms with Crippen LogP contribution in [0.15, 0.2) is 91.0 Å². The van der Waals surface area contributed by atoms with Crippen molar-refractivity contribution in [3.8, 4) is 17.0 Å². The summed E-state index contributed by atoms with van der Waals surface area (Å²) in [6, 6.07) is 26.3. The van der Waals surface area contributed by atoms with Gasteiger partial charge in [0.25, 0.3) is 0 Å². The molecule has 0 bridgehead atoms. The second-order valence-electron chi connectivity index (χ2n) is 10.6. The second kappa shape index (κ2) is 12.7. The molecule has 1 fully saturated rings. The molecule has 42 heavy (non-hydrogen) atoms. The van der Waals surface area contributed by atoms with E-state index in [1.54, 1.807) is 13.8 Å². The van der Waals surface area contributed by atoms with Crippen LogP contribution in [0.25, 0.3) is 22.2 Å². The Morgan fingerprint density at radius 1 is 0.976 bits per heavy atom. The van der Waals surface area contributed by atoms with E-state index in [2.05, 4.69) is 5.32 Å². The number of carboxylic acids is 1. The lowest BCUT2D eigenvalue weighted by atomic mass is 10.0. The minimum absolute atomic E-state index is 0.0495. The number of pyridine rings is 1. The first-order valence-corrected chi connectivity index (χ1v) is 13.9. The summed E-state index contributed by atoms with van der Waals surface area (Å²) < 4.78 is 11.7. The Labute approximate surface area is 244 Å². The van der Waals surface area contributed by atoms with Crippen molar-refractivity contribution in [2.24, 2.45) is 5.92 Å². The summed E-state index contributed by atoms with van der Waals surface area (Å²) in [7, 11) is 0. The maximum Gasteiger partial charge on any atom is 0.408 e. The van der Waals surface area contributed by atoms with E-state index in [0.29, 0.717) is 5.75 Å². The van der Waals surface area contributed by atoms with Gasteiger partial charge in [-0.05, 0) is 23.6 Å². The molecule has 9 heteroatoms. The van der Waals surface area contributed by atoms with Crippen LogP contribution in [0.1, 0.15) is 25.8 Å². The Hall–Kier alpha value is -4.92. The van der Waals surface area contributed by atoms with Crippen LogP contribution in [-0.2, 0) is 20.9 Å². The number of para-hydroxylation sites is 1. The summed E-state index contributed by atoms with van der Waals surface area (Å²) in [4.78, 5) is 44.6. The van der Waals surface area contributed by atoms with Gasteiger partial charge in [-0.25, -0.2) is 14.6 Å². The van der Waals surface area contributed by atoms with Crippen molar-refractivity contribution in [1.29, 1.82) is 0 Å². The predicted octanol–water partition coefficient (Wildman–Crippen LogP) is 5.29. The second-order valence-corrected chi connectivity index (χ2v) is 10.6. The van der Waals surface area contributed by atoms with Crippen molar-refractivity contribution < 1.29 is 29.0 Å². The number of aliphatic carboxylic acids is 1. The molecule has 2 N–H and O–H groups in total. The molecule has 2 heterocycles. The Bertz CT molecular complexity index is 1560. The number of hydrogen-bond donors (Lipinski definition) is 2. The van der Waals surface area contributed by atoms with Gasteiger partial charge in [0.2, 0.25) is 5.91 Å². The minimum atomic E-state index is -1.13. The predicted molar refractivity (Wildman–Crippen MR) is 158 cm³/mol. The number of rotatable bonds is 9. The van der Waals surface area contributed by atoms with Gasteiger partial charge >= 0.3 is 12.1 Å². The van der Waals surface area contributed by atoms with Crippen LogP contribution in [0, 0.1) is 5.92 Å². The summed E-state index contributed by atoms with van der Waals surface area (Å²) >= 11 is 0. The molecule has 0 aliphatic carbocycles. The number of benzene rings is 3. The molecule has 4 aromatic rings.